The Kier molecular flexibility index (Phi) is 1.83. The van der Waals surface area contributed by atoms with E-state index in [9.17, 15) is 4.39 Å². The molecule has 0 aliphatic rings. The van der Waals surface area contributed by atoms with E-state index in [-0.39, 0.29) is 0 Å². The van der Waals surface area contributed by atoms with Crippen LogP contribution in [0.2, 0.25) is 6.82 Å². The lowest BCUT2D eigenvalue weighted by atomic mass is 9.74. The SMILES string of the molecule is CBc1ccc(F)nc1. The van der Waals surface area contributed by atoms with Crippen molar-refractivity contribution < 1.29 is 4.39 Å². The van der Waals surface area contributed by atoms with Crippen LogP contribution >= 0.6 is 0 Å². The van der Waals surface area contributed by atoms with Crippen molar-refractivity contribution in [3.63, 3.8) is 0 Å². The fraction of sp³-hybridized carbons (Fsp3) is 0.167. The molecule has 9 heavy (non-hydrogen) atoms. The van der Waals surface area contributed by atoms with Gasteiger partial charge in [-0.25, -0.2) is 4.98 Å². The summed E-state index contributed by atoms with van der Waals surface area (Å²) >= 11 is 0. The van der Waals surface area contributed by atoms with Crippen LogP contribution in [0.5, 0.6) is 0 Å². The highest BCUT2D eigenvalue weighted by Crippen LogP contribution is 1.85. The highest BCUT2D eigenvalue weighted by molar-refractivity contribution is 6.51. The number of aromatic nitrogens is 1. The second-order valence-corrected chi connectivity index (χ2v) is 1.84. The Balaban J connectivity index is 2.88. The summed E-state index contributed by atoms with van der Waals surface area (Å²) in [5.41, 5.74) is 1.07. The molecule has 0 amide bonds. The minimum Gasteiger partial charge on any atom is -0.229 e. The molecule has 0 fully saturated rings. The highest BCUT2D eigenvalue weighted by atomic mass is 19.1. The Labute approximate surface area is 54.2 Å². The summed E-state index contributed by atoms with van der Waals surface area (Å²) in [7, 11) is 0.910. The highest BCUT2D eigenvalue weighted by Gasteiger charge is 1.90. The fourth-order valence-electron chi connectivity index (χ4n) is 0.616. The lowest BCUT2D eigenvalue weighted by Gasteiger charge is -1.90. The normalized spacial score (nSPS) is 9.11. The van der Waals surface area contributed by atoms with Gasteiger partial charge in [-0.2, -0.15) is 4.39 Å². The van der Waals surface area contributed by atoms with E-state index in [2.05, 4.69) is 4.98 Å². The molecule has 1 heterocycles. The van der Waals surface area contributed by atoms with Gasteiger partial charge in [0, 0.05) is 6.20 Å². The summed E-state index contributed by atoms with van der Waals surface area (Å²) < 4.78 is 12.1. The molecule has 0 aliphatic carbocycles. The summed E-state index contributed by atoms with van der Waals surface area (Å²) in [5.74, 6) is -0.410. The van der Waals surface area contributed by atoms with Gasteiger partial charge < -0.3 is 0 Å². The van der Waals surface area contributed by atoms with Gasteiger partial charge >= 0.3 is 0 Å². The first-order valence-corrected chi connectivity index (χ1v) is 2.93. The Bertz CT molecular complexity index is 185. The fourth-order valence-corrected chi connectivity index (χ4v) is 0.616. The van der Waals surface area contributed by atoms with Gasteiger partial charge in [0.1, 0.15) is 0 Å². The molecule has 1 aromatic heterocycles. The van der Waals surface area contributed by atoms with Gasteiger partial charge in [-0.15, -0.1) is 0 Å². The average molecular weight is 123 g/mol. The van der Waals surface area contributed by atoms with E-state index >= 15 is 0 Å². The van der Waals surface area contributed by atoms with E-state index < -0.39 is 5.95 Å². The van der Waals surface area contributed by atoms with E-state index in [0.29, 0.717) is 0 Å². The molecule has 0 bridgehead atoms. The zero-order chi connectivity index (χ0) is 6.69. The van der Waals surface area contributed by atoms with Gasteiger partial charge in [-0.3, -0.25) is 0 Å². The monoisotopic (exact) mass is 123 g/mol. The molecule has 0 saturated carbocycles. The van der Waals surface area contributed by atoms with E-state index in [4.69, 9.17) is 0 Å². The molecule has 1 nitrogen and oxygen atoms in total. The van der Waals surface area contributed by atoms with Crippen molar-refractivity contribution in [3.8, 4) is 0 Å². The summed E-state index contributed by atoms with van der Waals surface area (Å²) in [6.45, 7) is 2.01. The molecule has 0 saturated heterocycles. The van der Waals surface area contributed by atoms with Crippen LogP contribution < -0.4 is 5.46 Å². The summed E-state index contributed by atoms with van der Waals surface area (Å²) in [6.07, 6.45) is 1.55. The molecule has 1 rings (SSSR count). The molecule has 0 N–H and O–H groups in total. The molecule has 46 valence electrons. The third-order valence-electron chi connectivity index (χ3n) is 1.20. The van der Waals surface area contributed by atoms with Crippen LogP contribution in [0.3, 0.4) is 0 Å². The van der Waals surface area contributed by atoms with Gasteiger partial charge in [0.2, 0.25) is 5.95 Å². The van der Waals surface area contributed by atoms with Crippen LogP contribution in [0.4, 0.5) is 4.39 Å². The molecule has 0 aromatic carbocycles. The predicted octanol–water partition coefficient (Wildman–Crippen LogP) is 0.331. The third kappa shape index (κ3) is 1.52. The lowest BCUT2D eigenvalue weighted by Crippen LogP contribution is -2.10. The molecule has 3 heteroatoms. The predicted molar refractivity (Wildman–Crippen MR) is 36.8 cm³/mol. The second kappa shape index (κ2) is 2.62. The molecular formula is C6H7BFN. The van der Waals surface area contributed by atoms with Gasteiger partial charge in [0.25, 0.3) is 0 Å². The molecule has 0 unspecified atom stereocenters. The van der Waals surface area contributed by atoms with Gasteiger partial charge in [0.05, 0.1) is 0 Å². The average Bonchev–Trinajstić information content (AvgIpc) is 1.90. The summed E-state index contributed by atoms with van der Waals surface area (Å²) in [4.78, 5) is 3.48. The van der Waals surface area contributed by atoms with Crippen LogP contribution in [-0.4, -0.2) is 12.3 Å². The maximum absolute atomic E-state index is 12.1. The Morgan fingerprint density at radius 2 is 2.33 bits per heavy atom. The first-order chi connectivity index (χ1) is 4.33. The van der Waals surface area contributed by atoms with Crippen LogP contribution in [-0.2, 0) is 0 Å². The Morgan fingerprint density at radius 1 is 1.56 bits per heavy atom. The van der Waals surface area contributed by atoms with Gasteiger partial charge in [-0.1, -0.05) is 18.4 Å². The molecular weight excluding hydrogens is 116 g/mol. The summed E-state index contributed by atoms with van der Waals surface area (Å²) in [6, 6.07) is 3.11. The minimum atomic E-state index is -0.410. The minimum absolute atomic E-state index is 0.410. The zero-order valence-corrected chi connectivity index (χ0v) is 5.26. The number of hydrogen-bond acceptors (Lipinski definition) is 1. The zero-order valence-electron chi connectivity index (χ0n) is 5.26. The first kappa shape index (κ1) is 6.27. The molecule has 0 spiro atoms. The first-order valence-electron chi connectivity index (χ1n) is 2.93. The van der Waals surface area contributed by atoms with Crippen molar-refractivity contribution in [2.24, 2.45) is 0 Å². The van der Waals surface area contributed by atoms with Crippen LogP contribution in [0, 0.1) is 5.95 Å². The Morgan fingerprint density at radius 3 is 2.78 bits per heavy atom. The maximum Gasteiger partial charge on any atom is 0.212 e. The van der Waals surface area contributed by atoms with Crippen LogP contribution in [0.15, 0.2) is 18.3 Å². The number of pyridine rings is 1. The maximum atomic E-state index is 12.1. The van der Waals surface area contributed by atoms with E-state index in [1.54, 1.807) is 12.3 Å². The van der Waals surface area contributed by atoms with Crippen molar-refractivity contribution in [2.45, 2.75) is 6.82 Å². The molecule has 0 aliphatic heterocycles. The van der Waals surface area contributed by atoms with Crippen molar-refractivity contribution in [1.82, 2.24) is 4.98 Å². The largest absolute Gasteiger partial charge is 0.229 e. The number of nitrogens with zero attached hydrogens (tertiary/aromatic N) is 1. The smallest absolute Gasteiger partial charge is 0.212 e. The van der Waals surface area contributed by atoms with Crippen molar-refractivity contribution in [3.05, 3.63) is 24.3 Å². The standard InChI is InChI=1S/C6H7BFN/c1-7-5-2-3-6(8)9-4-5/h2-4,7H,1H3. The van der Waals surface area contributed by atoms with Gasteiger partial charge in [-0.05, 0) is 6.07 Å². The molecule has 0 atom stereocenters. The van der Waals surface area contributed by atoms with Crippen LogP contribution in [0.25, 0.3) is 0 Å². The lowest BCUT2D eigenvalue weighted by molar-refractivity contribution is 0.584. The summed E-state index contributed by atoms with van der Waals surface area (Å²) in [5, 5.41) is 0. The van der Waals surface area contributed by atoms with Gasteiger partial charge in [0.15, 0.2) is 7.28 Å². The second-order valence-electron chi connectivity index (χ2n) is 1.84. The molecule has 0 radical (unpaired) electrons. The van der Waals surface area contributed by atoms with Crippen molar-refractivity contribution >= 4 is 12.7 Å². The third-order valence-corrected chi connectivity index (χ3v) is 1.20. The number of hydrogen-bond donors (Lipinski definition) is 0. The number of halogens is 1. The van der Waals surface area contributed by atoms with E-state index in [1.165, 1.54) is 6.07 Å². The van der Waals surface area contributed by atoms with Crippen LogP contribution in [0.1, 0.15) is 0 Å². The van der Waals surface area contributed by atoms with E-state index in [1.807, 2.05) is 6.82 Å². The quantitative estimate of drug-likeness (QED) is 0.387. The topological polar surface area (TPSA) is 12.9 Å². The van der Waals surface area contributed by atoms with Crippen molar-refractivity contribution in [1.29, 1.82) is 0 Å². The molecule has 1 aromatic rings. The number of rotatable bonds is 1. The Hall–Kier alpha value is -0.855. The van der Waals surface area contributed by atoms with Crippen molar-refractivity contribution in [2.75, 3.05) is 0 Å². The van der Waals surface area contributed by atoms with E-state index in [0.717, 1.165) is 12.7 Å².